The van der Waals surface area contributed by atoms with Gasteiger partial charge < -0.3 is 15.9 Å². The molecule has 13 heavy (non-hydrogen) atoms. The van der Waals surface area contributed by atoms with Crippen LogP contribution in [0, 0.1) is 0 Å². The lowest BCUT2D eigenvalue weighted by atomic mass is 10.1. The van der Waals surface area contributed by atoms with Gasteiger partial charge in [0.05, 0.1) is 0 Å². The van der Waals surface area contributed by atoms with Crippen LogP contribution >= 0.6 is 12.4 Å². The third-order valence-corrected chi connectivity index (χ3v) is 1.64. The zero-order valence-corrected chi connectivity index (χ0v) is 8.00. The second kappa shape index (κ2) is 5.80. The lowest BCUT2D eigenvalue weighted by Gasteiger charge is -2.03. The fourth-order valence-corrected chi connectivity index (χ4v) is 1.03. The number of aliphatic hydroxyl groups is 1. The maximum atomic E-state index is 9.08. The van der Waals surface area contributed by atoms with Gasteiger partial charge in [-0.15, -0.1) is 12.4 Å². The van der Waals surface area contributed by atoms with Crippen LogP contribution in [0.3, 0.4) is 0 Å². The Bertz CT molecular complexity index is 253. The molecule has 3 nitrogen and oxygen atoms in total. The Morgan fingerprint density at radius 2 is 2.08 bits per heavy atom. The second-order valence-electron chi connectivity index (χ2n) is 2.78. The van der Waals surface area contributed by atoms with Gasteiger partial charge in [0.15, 0.2) is 0 Å². The van der Waals surface area contributed by atoms with E-state index in [1.165, 1.54) is 0 Å². The highest BCUT2D eigenvalue weighted by Gasteiger charge is 1.98. The minimum Gasteiger partial charge on any atom is -0.508 e. The average Bonchev–Trinajstić information content (AvgIpc) is 2.01. The summed E-state index contributed by atoms with van der Waals surface area (Å²) in [6.45, 7) is 0. The van der Waals surface area contributed by atoms with Gasteiger partial charge >= 0.3 is 0 Å². The van der Waals surface area contributed by atoms with Crippen LogP contribution in [-0.4, -0.2) is 16.4 Å². The Hall–Kier alpha value is -0.770. The van der Waals surface area contributed by atoms with Crippen LogP contribution in [0.5, 0.6) is 5.75 Å². The van der Waals surface area contributed by atoms with Crippen LogP contribution in [0.15, 0.2) is 24.3 Å². The molecule has 0 radical (unpaired) electrons. The summed E-state index contributed by atoms with van der Waals surface area (Å²) in [5.74, 6) is 0.249. The summed E-state index contributed by atoms with van der Waals surface area (Å²) in [7, 11) is 0. The first kappa shape index (κ1) is 12.2. The van der Waals surface area contributed by atoms with Crippen molar-refractivity contribution in [1.82, 2.24) is 0 Å². The lowest BCUT2D eigenvalue weighted by molar-refractivity contribution is 0.172. The van der Waals surface area contributed by atoms with E-state index in [-0.39, 0.29) is 18.2 Å². The molecule has 0 aliphatic carbocycles. The van der Waals surface area contributed by atoms with E-state index >= 15 is 0 Å². The van der Waals surface area contributed by atoms with Crippen molar-refractivity contribution in [3.05, 3.63) is 29.8 Å². The molecule has 0 heterocycles. The van der Waals surface area contributed by atoms with E-state index in [0.717, 1.165) is 5.56 Å². The largest absolute Gasteiger partial charge is 0.508 e. The third kappa shape index (κ3) is 4.72. The highest BCUT2D eigenvalue weighted by atomic mass is 35.5. The third-order valence-electron chi connectivity index (χ3n) is 1.64. The molecule has 4 heteroatoms. The van der Waals surface area contributed by atoms with E-state index in [2.05, 4.69) is 0 Å². The van der Waals surface area contributed by atoms with Crippen LogP contribution in [-0.2, 0) is 6.42 Å². The van der Waals surface area contributed by atoms with Gasteiger partial charge in [-0.1, -0.05) is 12.1 Å². The molecule has 0 unspecified atom stereocenters. The minimum atomic E-state index is -0.771. The Labute approximate surface area is 83.6 Å². The molecule has 1 aromatic rings. The minimum absolute atomic E-state index is 0. The summed E-state index contributed by atoms with van der Waals surface area (Å²) in [4.78, 5) is 0. The molecule has 0 aliphatic rings. The first-order chi connectivity index (χ1) is 5.68. The number of hydrogen-bond donors (Lipinski definition) is 3. The molecule has 0 bridgehead atoms. The summed E-state index contributed by atoms with van der Waals surface area (Å²) in [6.07, 6.45) is 0.433. The maximum absolute atomic E-state index is 9.08. The van der Waals surface area contributed by atoms with E-state index in [4.69, 9.17) is 15.9 Å². The molecule has 0 aliphatic heterocycles. The number of rotatable bonds is 3. The molecule has 0 spiro atoms. The van der Waals surface area contributed by atoms with E-state index in [9.17, 15) is 0 Å². The summed E-state index contributed by atoms with van der Waals surface area (Å²) in [5, 5.41) is 17.9. The number of aliphatic hydroxyl groups excluding tert-OH is 1. The fraction of sp³-hybridized carbons (Fsp3) is 0.333. The van der Waals surface area contributed by atoms with Crippen molar-refractivity contribution in [1.29, 1.82) is 0 Å². The van der Waals surface area contributed by atoms with E-state index in [1.807, 2.05) is 6.07 Å². The summed E-state index contributed by atoms with van der Waals surface area (Å²) < 4.78 is 0. The first-order valence-corrected chi connectivity index (χ1v) is 3.90. The van der Waals surface area contributed by atoms with E-state index in [0.29, 0.717) is 12.8 Å². The van der Waals surface area contributed by atoms with Crippen molar-refractivity contribution in [2.45, 2.75) is 19.1 Å². The Kier molecular flexibility index (Phi) is 5.46. The highest BCUT2D eigenvalue weighted by molar-refractivity contribution is 5.85. The predicted molar refractivity (Wildman–Crippen MR) is 53.9 cm³/mol. The molecule has 0 aromatic heterocycles. The standard InChI is InChI=1S/C9H13NO2.ClH/c10-9(12)5-4-7-2-1-3-8(11)6-7;/h1-3,6,9,11-12H,4-5,10H2;1H/t9-;/m1./s1. The van der Waals surface area contributed by atoms with Crippen molar-refractivity contribution in [3.63, 3.8) is 0 Å². The van der Waals surface area contributed by atoms with Crippen LogP contribution in [0.2, 0.25) is 0 Å². The molecule has 1 rings (SSSR count). The van der Waals surface area contributed by atoms with Gasteiger partial charge in [-0.05, 0) is 30.5 Å². The molecule has 0 saturated heterocycles. The van der Waals surface area contributed by atoms with Gasteiger partial charge in [0.25, 0.3) is 0 Å². The van der Waals surface area contributed by atoms with Gasteiger partial charge in [0.2, 0.25) is 0 Å². The molecule has 0 saturated carbocycles. The molecule has 0 fully saturated rings. The van der Waals surface area contributed by atoms with Crippen LogP contribution in [0.1, 0.15) is 12.0 Å². The molecule has 4 N–H and O–H groups in total. The summed E-state index contributed by atoms with van der Waals surface area (Å²) in [5.41, 5.74) is 6.16. The summed E-state index contributed by atoms with van der Waals surface area (Å²) >= 11 is 0. The number of phenols is 1. The van der Waals surface area contributed by atoms with Crippen LogP contribution in [0.25, 0.3) is 0 Å². The van der Waals surface area contributed by atoms with Crippen molar-refractivity contribution >= 4 is 12.4 Å². The number of benzene rings is 1. The lowest BCUT2D eigenvalue weighted by Crippen LogP contribution is -2.19. The molecule has 74 valence electrons. The molecular formula is C9H14ClNO2. The fourth-order valence-electron chi connectivity index (χ4n) is 1.03. The number of halogens is 1. The van der Waals surface area contributed by atoms with Gasteiger partial charge in [0, 0.05) is 0 Å². The average molecular weight is 204 g/mol. The summed E-state index contributed by atoms with van der Waals surface area (Å²) in [6, 6.07) is 6.94. The monoisotopic (exact) mass is 203 g/mol. The highest BCUT2D eigenvalue weighted by Crippen LogP contribution is 2.12. The number of hydrogen-bond acceptors (Lipinski definition) is 3. The van der Waals surface area contributed by atoms with E-state index < -0.39 is 6.23 Å². The zero-order valence-electron chi connectivity index (χ0n) is 7.18. The van der Waals surface area contributed by atoms with Gasteiger partial charge in [-0.2, -0.15) is 0 Å². The Morgan fingerprint density at radius 3 is 2.62 bits per heavy atom. The molecule has 0 amide bonds. The second-order valence-corrected chi connectivity index (χ2v) is 2.78. The molecule has 1 atom stereocenters. The van der Waals surface area contributed by atoms with Crippen LogP contribution in [0.4, 0.5) is 0 Å². The normalized spacial score (nSPS) is 11.8. The number of phenolic OH excluding ortho intramolecular Hbond substituents is 1. The molecular weight excluding hydrogens is 190 g/mol. The van der Waals surface area contributed by atoms with Crippen molar-refractivity contribution in [2.75, 3.05) is 0 Å². The van der Waals surface area contributed by atoms with Gasteiger partial charge in [0.1, 0.15) is 12.0 Å². The predicted octanol–water partition coefficient (Wildman–Crippen LogP) is 1.02. The van der Waals surface area contributed by atoms with E-state index in [1.54, 1.807) is 18.2 Å². The number of aryl methyl sites for hydroxylation is 1. The van der Waals surface area contributed by atoms with Crippen molar-refractivity contribution < 1.29 is 10.2 Å². The first-order valence-electron chi connectivity index (χ1n) is 3.90. The maximum Gasteiger partial charge on any atom is 0.115 e. The van der Waals surface area contributed by atoms with Gasteiger partial charge in [-0.25, -0.2) is 0 Å². The Morgan fingerprint density at radius 1 is 1.38 bits per heavy atom. The zero-order chi connectivity index (χ0) is 8.97. The topological polar surface area (TPSA) is 66.5 Å². The van der Waals surface area contributed by atoms with Crippen molar-refractivity contribution in [2.24, 2.45) is 5.73 Å². The number of nitrogens with two attached hydrogens (primary N) is 1. The smallest absolute Gasteiger partial charge is 0.115 e. The Balaban J connectivity index is 0.00000144. The van der Waals surface area contributed by atoms with Crippen LogP contribution < -0.4 is 5.73 Å². The quantitative estimate of drug-likeness (QED) is 0.643. The van der Waals surface area contributed by atoms with Crippen molar-refractivity contribution in [3.8, 4) is 5.75 Å². The van der Waals surface area contributed by atoms with Gasteiger partial charge in [-0.3, -0.25) is 0 Å². The number of aromatic hydroxyl groups is 1. The SMILES string of the molecule is Cl.N[C@H](O)CCc1cccc(O)c1. The molecule has 1 aromatic carbocycles.